The van der Waals surface area contributed by atoms with Crippen LogP contribution in [0.2, 0.25) is 0 Å². The van der Waals surface area contributed by atoms with Gasteiger partial charge in [-0.25, -0.2) is 4.79 Å². The number of hydrogen-bond donors (Lipinski definition) is 1. The molecule has 28 heavy (non-hydrogen) atoms. The molecule has 0 unspecified atom stereocenters. The summed E-state index contributed by atoms with van der Waals surface area (Å²) in [7, 11) is 1.55. The van der Waals surface area contributed by atoms with Crippen LogP contribution in [0, 0.1) is 0 Å². The van der Waals surface area contributed by atoms with E-state index in [4.69, 9.17) is 9.47 Å². The van der Waals surface area contributed by atoms with Crippen LogP contribution in [0.4, 0.5) is 0 Å². The van der Waals surface area contributed by atoms with Crippen molar-refractivity contribution in [3.05, 3.63) is 34.9 Å². The summed E-state index contributed by atoms with van der Waals surface area (Å²) < 4.78 is 9.96. The molecule has 8 nitrogen and oxygen atoms in total. The van der Waals surface area contributed by atoms with Gasteiger partial charge in [0.2, 0.25) is 0 Å². The van der Waals surface area contributed by atoms with E-state index in [1.807, 2.05) is 13.8 Å². The van der Waals surface area contributed by atoms with Gasteiger partial charge in [0, 0.05) is 26.3 Å². The summed E-state index contributed by atoms with van der Waals surface area (Å²) in [4.78, 5) is 50.0. The van der Waals surface area contributed by atoms with Crippen LogP contribution >= 0.6 is 0 Å². The zero-order chi connectivity index (χ0) is 20.7. The van der Waals surface area contributed by atoms with E-state index < -0.39 is 18.5 Å². The molecule has 8 heteroatoms. The predicted octanol–water partition coefficient (Wildman–Crippen LogP) is 1.78. The van der Waals surface area contributed by atoms with Gasteiger partial charge >= 0.3 is 5.97 Å². The third-order valence-electron chi connectivity index (χ3n) is 4.40. The van der Waals surface area contributed by atoms with Gasteiger partial charge in [-0.15, -0.1) is 0 Å². The highest BCUT2D eigenvalue weighted by Gasteiger charge is 2.35. The number of carbonyl (C=O) groups excluding carboxylic acids is 4. The van der Waals surface area contributed by atoms with Crippen molar-refractivity contribution in [1.82, 2.24) is 10.2 Å². The van der Waals surface area contributed by atoms with Crippen LogP contribution in [0.1, 0.15) is 64.2 Å². The van der Waals surface area contributed by atoms with Crippen molar-refractivity contribution in [3.63, 3.8) is 0 Å². The number of amides is 3. The first-order valence-electron chi connectivity index (χ1n) is 9.34. The number of esters is 1. The minimum Gasteiger partial charge on any atom is -0.452 e. The van der Waals surface area contributed by atoms with Crippen LogP contribution in [0.15, 0.2) is 18.2 Å². The molecule has 3 amide bonds. The quantitative estimate of drug-likeness (QED) is 0.371. The van der Waals surface area contributed by atoms with Crippen molar-refractivity contribution in [2.24, 2.45) is 0 Å². The van der Waals surface area contributed by atoms with E-state index >= 15 is 0 Å². The van der Waals surface area contributed by atoms with Crippen LogP contribution in [0.5, 0.6) is 0 Å². The molecule has 1 atom stereocenters. The molecule has 1 aromatic carbocycles. The van der Waals surface area contributed by atoms with Gasteiger partial charge in [0.15, 0.2) is 6.61 Å². The zero-order valence-corrected chi connectivity index (χ0v) is 16.4. The molecule has 1 N–H and O–H groups in total. The van der Waals surface area contributed by atoms with Gasteiger partial charge in [-0.2, -0.15) is 0 Å². The molecule has 0 radical (unpaired) electrons. The van der Waals surface area contributed by atoms with E-state index in [1.54, 1.807) is 7.11 Å². The first-order chi connectivity index (χ1) is 13.4. The molecular weight excluding hydrogens is 364 g/mol. The molecule has 1 aromatic rings. The fourth-order valence-corrected chi connectivity index (χ4v) is 3.02. The van der Waals surface area contributed by atoms with E-state index in [0.717, 1.165) is 17.7 Å². The number of ether oxygens (including phenoxy) is 2. The number of carbonyl (C=O) groups is 4. The third-order valence-corrected chi connectivity index (χ3v) is 4.40. The molecule has 0 spiro atoms. The van der Waals surface area contributed by atoms with Crippen LogP contribution in [-0.2, 0) is 14.3 Å². The number of rotatable bonds is 10. The molecule has 0 saturated heterocycles. The Balaban J connectivity index is 1.98. The minimum atomic E-state index is -0.723. The lowest BCUT2D eigenvalue weighted by Crippen LogP contribution is -2.35. The molecule has 0 fully saturated rings. The van der Waals surface area contributed by atoms with Crippen LogP contribution in [-0.4, -0.2) is 61.5 Å². The Morgan fingerprint density at radius 1 is 1.18 bits per heavy atom. The highest BCUT2D eigenvalue weighted by Crippen LogP contribution is 2.24. The number of benzene rings is 1. The van der Waals surface area contributed by atoms with E-state index in [-0.39, 0.29) is 41.1 Å². The Morgan fingerprint density at radius 3 is 2.57 bits per heavy atom. The number of hydrogen-bond acceptors (Lipinski definition) is 6. The molecule has 1 heterocycles. The van der Waals surface area contributed by atoms with Crippen LogP contribution < -0.4 is 5.32 Å². The second-order valence-electron chi connectivity index (χ2n) is 6.70. The van der Waals surface area contributed by atoms with Gasteiger partial charge in [-0.05, 0) is 38.0 Å². The average Bonchev–Trinajstić information content (AvgIpc) is 2.90. The number of nitrogens with one attached hydrogen (secondary N) is 1. The Kier molecular flexibility index (Phi) is 7.69. The molecule has 1 aliphatic rings. The first kappa shape index (κ1) is 21.6. The fraction of sp³-hybridized carbons (Fsp3) is 0.500. The topological polar surface area (TPSA) is 102 Å². The maximum absolute atomic E-state index is 12.5. The van der Waals surface area contributed by atoms with E-state index in [2.05, 4.69) is 5.32 Å². The Hall–Kier alpha value is -2.74. The van der Waals surface area contributed by atoms with Crippen molar-refractivity contribution in [1.29, 1.82) is 0 Å². The molecule has 0 bridgehead atoms. The first-order valence-corrected chi connectivity index (χ1v) is 9.34. The molecule has 2 rings (SSSR count). The summed E-state index contributed by atoms with van der Waals surface area (Å²) >= 11 is 0. The van der Waals surface area contributed by atoms with Gasteiger partial charge in [0.1, 0.15) is 0 Å². The summed E-state index contributed by atoms with van der Waals surface area (Å²) in [6, 6.07) is 4.20. The standard InChI is InChI=1S/C20H26N2O6/c1-4-6-13(2)21-17(23)12-28-20(26)14-7-8-15-16(11-14)19(25)22(18(15)24)9-5-10-27-3/h7-8,11,13H,4-6,9-10,12H2,1-3H3,(H,21,23)/t13-/m0/s1. The highest BCUT2D eigenvalue weighted by molar-refractivity contribution is 6.21. The Morgan fingerprint density at radius 2 is 1.89 bits per heavy atom. The zero-order valence-electron chi connectivity index (χ0n) is 16.4. The number of fused-ring (bicyclic) bond motifs is 1. The minimum absolute atomic E-state index is 0.00363. The lowest BCUT2D eigenvalue weighted by molar-refractivity contribution is -0.124. The predicted molar refractivity (Wildman–Crippen MR) is 101 cm³/mol. The second kappa shape index (κ2) is 9.98. The van der Waals surface area contributed by atoms with Gasteiger partial charge in [-0.1, -0.05) is 13.3 Å². The van der Waals surface area contributed by atoms with E-state index in [1.165, 1.54) is 18.2 Å². The summed E-state index contributed by atoms with van der Waals surface area (Å²) in [5, 5.41) is 2.74. The summed E-state index contributed by atoms with van der Waals surface area (Å²) in [6.45, 7) is 4.17. The SMILES string of the molecule is CCC[C@H](C)NC(=O)COC(=O)c1ccc2c(c1)C(=O)N(CCCOC)C2=O. The van der Waals surface area contributed by atoms with Crippen LogP contribution in [0.25, 0.3) is 0 Å². The average molecular weight is 390 g/mol. The van der Waals surface area contributed by atoms with Crippen molar-refractivity contribution < 1.29 is 28.7 Å². The van der Waals surface area contributed by atoms with Crippen molar-refractivity contribution >= 4 is 23.7 Å². The van der Waals surface area contributed by atoms with Gasteiger partial charge in [0.05, 0.1) is 16.7 Å². The second-order valence-corrected chi connectivity index (χ2v) is 6.70. The fourth-order valence-electron chi connectivity index (χ4n) is 3.02. The molecule has 0 aliphatic carbocycles. The highest BCUT2D eigenvalue weighted by atomic mass is 16.5. The van der Waals surface area contributed by atoms with Gasteiger partial charge in [0.25, 0.3) is 17.7 Å². The van der Waals surface area contributed by atoms with Crippen LogP contribution in [0.3, 0.4) is 0 Å². The molecule has 0 aromatic heterocycles. The summed E-state index contributed by atoms with van der Waals surface area (Å²) in [6.07, 6.45) is 2.30. The van der Waals surface area contributed by atoms with Crippen molar-refractivity contribution in [2.45, 2.75) is 39.2 Å². The smallest absolute Gasteiger partial charge is 0.338 e. The lowest BCUT2D eigenvalue weighted by Gasteiger charge is -2.13. The van der Waals surface area contributed by atoms with Crippen molar-refractivity contribution in [3.8, 4) is 0 Å². The Bertz CT molecular complexity index is 761. The maximum Gasteiger partial charge on any atom is 0.338 e. The van der Waals surface area contributed by atoms with Gasteiger partial charge in [-0.3, -0.25) is 19.3 Å². The molecule has 152 valence electrons. The largest absolute Gasteiger partial charge is 0.452 e. The summed E-state index contributed by atoms with van der Waals surface area (Å²) in [5.41, 5.74) is 0.538. The Labute approximate surface area is 164 Å². The number of nitrogens with zero attached hydrogens (tertiary/aromatic N) is 1. The monoisotopic (exact) mass is 390 g/mol. The van der Waals surface area contributed by atoms with E-state index in [9.17, 15) is 19.2 Å². The molecule has 0 saturated carbocycles. The number of methoxy groups -OCH3 is 1. The lowest BCUT2D eigenvalue weighted by atomic mass is 10.1. The normalized spacial score (nSPS) is 14.0. The van der Waals surface area contributed by atoms with Crippen molar-refractivity contribution in [2.75, 3.05) is 26.9 Å². The van der Waals surface area contributed by atoms with Gasteiger partial charge < -0.3 is 14.8 Å². The summed E-state index contributed by atoms with van der Waals surface area (Å²) in [5.74, 6) is -1.94. The van der Waals surface area contributed by atoms with E-state index in [0.29, 0.717) is 13.0 Å². The third kappa shape index (κ3) is 5.16. The molecular formula is C20H26N2O6. The number of imide groups is 1. The maximum atomic E-state index is 12.5. The molecule has 1 aliphatic heterocycles.